The molecule has 1 spiro atoms. The van der Waals surface area contributed by atoms with Gasteiger partial charge in [-0.25, -0.2) is 9.59 Å². The summed E-state index contributed by atoms with van der Waals surface area (Å²) < 4.78 is 11.9. The molecule has 2 fully saturated rings. The number of aliphatic hydroxyl groups excluding tert-OH is 1. The number of phenolic OH excluding ortho intramolecular Hbond substituents is 1. The number of aromatic hydroxyl groups is 1. The quantitative estimate of drug-likeness (QED) is 0.494. The van der Waals surface area contributed by atoms with E-state index in [4.69, 9.17) is 9.47 Å². The summed E-state index contributed by atoms with van der Waals surface area (Å²) in [5, 5.41) is 19.7. The Morgan fingerprint density at radius 3 is 2.73 bits per heavy atom. The first-order chi connectivity index (χ1) is 17.9. The molecular formula is C31H34O6. The highest BCUT2D eigenvalue weighted by atomic mass is 16.5. The Morgan fingerprint density at radius 1 is 1.14 bits per heavy atom. The van der Waals surface area contributed by atoms with Crippen molar-refractivity contribution in [2.75, 3.05) is 6.61 Å². The molecule has 1 saturated carbocycles. The van der Waals surface area contributed by atoms with Crippen LogP contribution in [0.25, 0.3) is 5.57 Å². The maximum atomic E-state index is 13.6. The molecule has 6 aliphatic rings. The molecule has 1 aromatic carbocycles. The predicted octanol–water partition coefficient (Wildman–Crippen LogP) is 5.58. The van der Waals surface area contributed by atoms with E-state index in [1.807, 2.05) is 25.1 Å². The maximum Gasteiger partial charge on any atom is 0.340 e. The van der Waals surface area contributed by atoms with Gasteiger partial charge in [0, 0.05) is 23.7 Å². The SMILES string of the molecule is CCCC=C1OC(=O)C2=C(c3cccc(O)c3)C3CCC12C1C2=C(CCC31)C(=CCC(C)CO)OC2=O. The molecule has 0 aromatic heterocycles. The van der Waals surface area contributed by atoms with Crippen molar-refractivity contribution < 1.29 is 29.3 Å². The van der Waals surface area contributed by atoms with Crippen molar-refractivity contribution in [3.63, 3.8) is 0 Å². The van der Waals surface area contributed by atoms with E-state index in [2.05, 4.69) is 13.0 Å². The molecule has 5 atom stereocenters. The van der Waals surface area contributed by atoms with Gasteiger partial charge in [-0.05, 0) is 91.7 Å². The summed E-state index contributed by atoms with van der Waals surface area (Å²) in [5.74, 6) is 1.05. The van der Waals surface area contributed by atoms with Crippen molar-refractivity contribution in [2.24, 2.45) is 29.1 Å². The smallest absolute Gasteiger partial charge is 0.340 e. The Hall–Kier alpha value is -3.12. The Bertz CT molecular complexity index is 1300. The normalized spacial score (nSPS) is 33.0. The first-order valence-corrected chi connectivity index (χ1v) is 13.6. The summed E-state index contributed by atoms with van der Waals surface area (Å²) in [6, 6.07) is 7.17. The lowest BCUT2D eigenvalue weighted by molar-refractivity contribution is -0.135. The first-order valence-electron chi connectivity index (χ1n) is 13.6. The number of phenols is 1. The van der Waals surface area contributed by atoms with Gasteiger partial charge in [-0.2, -0.15) is 0 Å². The first kappa shape index (κ1) is 24.2. The summed E-state index contributed by atoms with van der Waals surface area (Å²) in [6.45, 7) is 4.14. The lowest BCUT2D eigenvalue weighted by Gasteiger charge is -2.56. The van der Waals surface area contributed by atoms with Gasteiger partial charge in [-0.1, -0.05) is 32.4 Å². The Labute approximate surface area is 217 Å². The summed E-state index contributed by atoms with van der Waals surface area (Å²) >= 11 is 0. The third-order valence-corrected chi connectivity index (χ3v) is 9.13. The molecule has 5 unspecified atom stereocenters. The van der Waals surface area contributed by atoms with E-state index in [1.165, 1.54) is 0 Å². The molecule has 1 saturated heterocycles. The molecule has 6 nitrogen and oxygen atoms in total. The molecule has 0 radical (unpaired) electrons. The van der Waals surface area contributed by atoms with Gasteiger partial charge in [0.1, 0.15) is 17.3 Å². The average molecular weight is 503 g/mol. The molecular weight excluding hydrogens is 468 g/mol. The van der Waals surface area contributed by atoms with Crippen LogP contribution in [-0.2, 0) is 19.1 Å². The largest absolute Gasteiger partial charge is 0.508 e. The third-order valence-electron chi connectivity index (χ3n) is 9.13. The molecule has 2 N–H and O–H groups in total. The highest BCUT2D eigenvalue weighted by Crippen LogP contribution is 2.71. The second kappa shape index (κ2) is 9.02. The molecule has 7 rings (SSSR count). The van der Waals surface area contributed by atoms with Crippen molar-refractivity contribution >= 4 is 17.5 Å². The van der Waals surface area contributed by atoms with E-state index in [9.17, 15) is 19.8 Å². The number of unbranched alkanes of at least 4 members (excludes halogenated alkanes) is 1. The summed E-state index contributed by atoms with van der Waals surface area (Å²) in [5.41, 5.74) is 3.51. The van der Waals surface area contributed by atoms with Crippen molar-refractivity contribution in [1.82, 2.24) is 0 Å². The Morgan fingerprint density at radius 2 is 1.97 bits per heavy atom. The van der Waals surface area contributed by atoms with Crippen LogP contribution in [0.2, 0.25) is 0 Å². The van der Waals surface area contributed by atoms with Gasteiger partial charge < -0.3 is 19.7 Å². The van der Waals surface area contributed by atoms with E-state index in [1.54, 1.807) is 12.1 Å². The van der Waals surface area contributed by atoms with Crippen LogP contribution in [0, 0.1) is 29.1 Å². The fraction of sp³-hybridized carbons (Fsp3) is 0.484. The van der Waals surface area contributed by atoms with Crippen LogP contribution < -0.4 is 0 Å². The molecule has 0 amide bonds. The minimum Gasteiger partial charge on any atom is -0.508 e. The fourth-order valence-corrected chi connectivity index (χ4v) is 7.61. The predicted molar refractivity (Wildman–Crippen MR) is 138 cm³/mol. The lowest BCUT2D eigenvalue weighted by atomic mass is 9.44. The number of hydrogen-bond donors (Lipinski definition) is 2. The van der Waals surface area contributed by atoms with E-state index in [-0.39, 0.29) is 48.0 Å². The Kier molecular flexibility index (Phi) is 5.90. The van der Waals surface area contributed by atoms with E-state index < -0.39 is 5.41 Å². The molecule has 2 heterocycles. The van der Waals surface area contributed by atoms with E-state index in [0.717, 1.165) is 60.8 Å². The standard InChI is InChI=1S/C31H34O6/c1-3-4-8-24-31-14-13-20(25(28(31)30(35)37-24)18-6-5-7-19(33)15-18)21-10-11-22-23(12-9-17(2)16-32)36-29(34)26(22)27(21)31/h5-8,12,15,17,20-21,27,32-33H,3-4,9-11,13-14,16H2,1-2H3. The number of ether oxygens (including phenoxy) is 2. The third kappa shape index (κ3) is 3.48. The van der Waals surface area contributed by atoms with Crippen LogP contribution in [0.5, 0.6) is 5.75 Å². The van der Waals surface area contributed by atoms with E-state index in [0.29, 0.717) is 23.5 Å². The molecule has 1 aromatic rings. The van der Waals surface area contributed by atoms with Gasteiger partial charge in [-0.3, -0.25) is 0 Å². The molecule has 194 valence electrons. The van der Waals surface area contributed by atoms with Crippen LogP contribution in [-0.4, -0.2) is 28.8 Å². The van der Waals surface area contributed by atoms with Crippen molar-refractivity contribution in [2.45, 2.75) is 58.8 Å². The number of cyclic esters (lactones) is 2. The maximum absolute atomic E-state index is 13.6. The van der Waals surface area contributed by atoms with Crippen LogP contribution in [0.4, 0.5) is 0 Å². The number of fused-ring (bicyclic) bond motifs is 1. The van der Waals surface area contributed by atoms with Crippen LogP contribution in [0.15, 0.2) is 64.7 Å². The molecule has 2 aliphatic heterocycles. The zero-order valence-electron chi connectivity index (χ0n) is 21.5. The lowest BCUT2D eigenvalue weighted by Crippen LogP contribution is -2.52. The van der Waals surface area contributed by atoms with Gasteiger partial charge in [0.05, 0.1) is 11.0 Å². The topological polar surface area (TPSA) is 93.1 Å². The van der Waals surface area contributed by atoms with Gasteiger partial charge >= 0.3 is 11.9 Å². The number of carbonyl (C=O) groups excluding carboxylic acids is 2. The molecule has 37 heavy (non-hydrogen) atoms. The zero-order chi connectivity index (χ0) is 25.9. The monoisotopic (exact) mass is 502 g/mol. The minimum atomic E-state index is -0.694. The van der Waals surface area contributed by atoms with Crippen molar-refractivity contribution in [3.05, 3.63) is 70.2 Å². The van der Waals surface area contributed by atoms with Crippen molar-refractivity contribution in [3.8, 4) is 5.75 Å². The summed E-state index contributed by atoms with van der Waals surface area (Å²) in [4.78, 5) is 27.1. The van der Waals surface area contributed by atoms with Crippen LogP contribution >= 0.6 is 0 Å². The fourth-order valence-electron chi connectivity index (χ4n) is 7.61. The number of aliphatic hydroxyl groups is 1. The number of allylic oxidation sites excluding steroid dienone is 5. The van der Waals surface area contributed by atoms with Crippen LogP contribution in [0.1, 0.15) is 64.4 Å². The highest BCUT2D eigenvalue weighted by molar-refractivity contribution is 6.06. The average Bonchev–Trinajstić information content (AvgIpc) is 3.39. The second-order valence-corrected chi connectivity index (χ2v) is 11.3. The number of rotatable bonds is 6. The Balaban J connectivity index is 1.56. The van der Waals surface area contributed by atoms with E-state index >= 15 is 0 Å². The molecule has 2 bridgehead atoms. The van der Waals surface area contributed by atoms with Gasteiger partial charge in [0.25, 0.3) is 0 Å². The summed E-state index contributed by atoms with van der Waals surface area (Å²) in [6.07, 6.45) is 9.66. The van der Waals surface area contributed by atoms with Gasteiger partial charge in [-0.15, -0.1) is 0 Å². The molecule has 6 heteroatoms. The highest BCUT2D eigenvalue weighted by Gasteiger charge is 2.68. The van der Waals surface area contributed by atoms with Crippen molar-refractivity contribution in [1.29, 1.82) is 0 Å². The number of esters is 2. The van der Waals surface area contributed by atoms with Crippen LogP contribution in [0.3, 0.4) is 0 Å². The molecule has 4 aliphatic carbocycles. The van der Waals surface area contributed by atoms with Gasteiger partial charge in [0.15, 0.2) is 0 Å². The zero-order valence-corrected chi connectivity index (χ0v) is 21.5. The summed E-state index contributed by atoms with van der Waals surface area (Å²) in [7, 11) is 0. The number of carbonyl (C=O) groups is 2. The van der Waals surface area contributed by atoms with Gasteiger partial charge in [0.2, 0.25) is 0 Å². The second-order valence-electron chi connectivity index (χ2n) is 11.3. The minimum absolute atomic E-state index is 0.0795. The number of hydrogen-bond acceptors (Lipinski definition) is 6. The number of benzene rings is 1.